The highest BCUT2D eigenvalue weighted by atomic mass is 28.4. The zero-order chi connectivity index (χ0) is 24.1. The van der Waals surface area contributed by atoms with Gasteiger partial charge >= 0.3 is 12.1 Å². The predicted octanol–water partition coefficient (Wildman–Crippen LogP) is 6.24. The number of methoxy groups -OCH3 is 1. The van der Waals surface area contributed by atoms with E-state index in [9.17, 15) is 18.0 Å². The minimum absolute atomic E-state index is 0.0158. The lowest BCUT2D eigenvalue weighted by Gasteiger charge is -2.37. The topological polar surface area (TPSA) is 44.8 Å². The van der Waals surface area contributed by atoms with Crippen LogP contribution in [0.1, 0.15) is 39.7 Å². The molecular formula is C23H35F3O4Si. The van der Waals surface area contributed by atoms with E-state index in [4.69, 9.17) is 13.9 Å². The van der Waals surface area contributed by atoms with Crippen LogP contribution in [0.15, 0.2) is 43.0 Å². The van der Waals surface area contributed by atoms with E-state index in [1.165, 1.54) is 24.3 Å². The molecule has 1 rings (SSSR count). The SMILES string of the molecule is C=C[C@H](C)[C@@H](CCO[Si](C)(C)C(C)(C)C)OC(=O)[C@@](OC)(c1ccccc1)C(F)(F)F. The number of carbonyl (C=O) groups excluding carboxylic acids is 1. The Balaban J connectivity index is 3.15. The third-order valence-corrected chi connectivity index (χ3v) is 10.6. The lowest BCUT2D eigenvalue weighted by molar-refractivity contribution is -0.278. The molecule has 0 fully saturated rings. The van der Waals surface area contributed by atoms with Crippen LogP contribution in [0.3, 0.4) is 0 Å². The van der Waals surface area contributed by atoms with Gasteiger partial charge in [-0.1, -0.05) is 64.1 Å². The van der Waals surface area contributed by atoms with Crippen molar-refractivity contribution in [2.24, 2.45) is 5.92 Å². The summed E-state index contributed by atoms with van der Waals surface area (Å²) in [6, 6.07) is 6.79. The van der Waals surface area contributed by atoms with Crippen molar-refractivity contribution in [3.8, 4) is 0 Å². The summed E-state index contributed by atoms with van der Waals surface area (Å²) in [6.07, 6.45) is -4.05. The van der Waals surface area contributed by atoms with Crippen molar-refractivity contribution in [3.05, 3.63) is 48.6 Å². The minimum Gasteiger partial charge on any atom is -0.459 e. The Bertz CT molecular complexity index is 729. The largest absolute Gasteiger partial charge is 0.459 e. The molecule has 1 aromatic rings. The van der Waals surface area contributed by atoms with Crippen LogP contribution in [0.5, 0.6) is 0 Å². The van der Waals surface area contributed by atoms with Gasteiger partial charge < -0.3 is 13.9 Å². The molecule has 0 amide bonds. The molecule has 4 nitrogen and oxygen atoms in total. The molecule has 0 saturated heterocycles. The van der Waals surface area contributed by atoms with Crippen LogP contribution in [0.2, 0.25) is 18.1 Å². The molecule has 0 aliphatic carbocycles. The van der Waals surface area contributed by atoms with E-state index < -0.39 is 32.2 Å². The van der Waals surface area contributed by atoms with Crippen LogP contribution in [-0.4, -0.2) is 40.3 Å². The Morgan fingerprint density at radius 3 is 2.13 bits per heavy atom. The third kappa shape index (κ3) is 6.20. The Kier molecular flexibility index (Phi) is 9.11. The van der Waals surface area contributed by atoms with Crippen LogP contribution >= 0.6 is 0 Å². The third-order valence-electron chi connectivity index (χ3n) is 6.06. The lowest BCUT2D eigenvalue weighted by Crippen LogP contribution is -2.53. The standard InChI is InChI=1S/C23H35F3O4Si/c1-9-17(2)19(15-16-29-31(7,8)21(3,4)5)30-20(27)22(28-6,23(24,25)26)18-13-11-10-12-14-18/h9-14,17,19H,1,15-16H2,2-8H3/t17-,19+,22-/m0/s1. The zero-order valence-corrected chi connectivity index (χ0v) is 20.5. The summed E-state index contributed by atoms with van der Waals surface area (Å²) in [4.78, 5) is 13.0. The fourth-order valence-corrected chi connectivity index (χ4v) is 3.90. The first-order chi connectivity index (χ1) is 14.1. The Morgan fingerprint density at radius 1 is 1.16 bits per heavy atom. The number of hydrogen-bond acceptors (Lipinski definition) is 4. The van der Waals surface area contributed by atoms with Gasteiger partial charge in [0.05, 0.1) is 0 Å². The highest BCUT2D eigenvalue weighted by Gasteiger charge is 2.64. The van der Waals surface area contributed by atoms with Crippen LogP contribution < -0.4 is 0 Å². The summed E-state index contributed by atoms with van der Waals surface area (Å²) in [5.74, 6) is -1.87. The van der Waals surface area contributed by atoms with E-state index >= 15 is 0 Å². The highest BCUT2D eigenvalue weighted by Crippen LogP contribution is 2.43. The van der Waals surface area contributed by atoms with Gasteiger partial charge in [0.25, 0.3) is 5.60 Å². The Hall–Kier alpha value is -1.64. The average molecular weight is 461 g/mol. The molecule has 0 bridgehead atoms. The quantitative estimate of drug-likeness (QED) is 0.236. The van der Waals surface area contributed by atoms with Crippen LogP contribution in [0.25, 0.3) is 0 Å². The van der Waals surface area contributed by atoms with Crippen molar-refractivity contribution < 1.29 is 31.9 Å². The highest BCUT2D eigenvalue weighted by molar-refractivity contribution is 6.74. The van der Waals surface area contributed by atoms with E-state index in [1.807, 2.05) is 0 Å². The predicted molar refractivity (Wildman–Crippen MR) is 118 cm³/mol. The van der Waals surface area contributed by atoms with Gasteiger partial charge in [0.1, 0.15) is 6.10 Å². The molecule has 31 heavy (non-hydrogen) atoms. The fourth-order valence-electron chi connectivity index (χ4n) is 2.84. The van der Waals surface area contributed by atoms with Crippen LogP contribution in [0, 0.1) is 5.92 Å². The van der Waals surface area contributed by atoms with Crippen molar-refractivity contribution in [1.82, 2.24) is 0 Å². The maximum Gasteiger partial charge on any atom is 0.432 e. The van der Waals surface area contributed by atoms with Gasteiger partial charge in [0.15, 0.2) is 8.32 Å². The first-order valence-electron chi connectivity index (χ1n) is 10.3. The van der Waals surface area contributed by atoms with Crippen molar-refractivity contribution in [2.75, 3.05) is 13.7 Å². The zero-order valence-electron chi connectivity index (χ0n) is 19.5. The number of esters is 1. The second-order valence-electron chi connectivity index (χ2n) is 9.19. The van der Waals surface area contributed by atoms with E-state index in [0.29, 0.717) is 0 Å². The van der Waals surface area contributed by atoms with E-state index in [2.05, 4.69) is 40.4 Å². The summed E-state index contributed by atoms with van der Waals surface area (Å²) in [5.41, 5.74) is -3.55. The number of benzene rings is 1. The first kappa shape index (κ1) is 27.4. The second kappa shape index (κ2) is 10.3. The molecule has 0 unspecified atom stereocenters. The van der Waals surface area contributed by atoms with Gasteiger partial charge in [-0.05, 0) is 18.1 Å². The maximum atomic E-state index is 14.1. The molecular weight excluding hydrogens is 425 g/mol. The molecule has 3 atom stereocenters. The van der Waals surface area contributed by atoms with Gasteiger partial charge in [0.2, 0.25) is 0 Å². The molecule has 0 aliphatic heterocycles. The van der Waals surface area contributed by atoms with Crippen LogP contribution in [-0.2, 0) is 24.3 Å². The summed E-state index contributed by atoms with van der Waals surface area (Å²) in [6.45, 7) is 16.2. The summed E-state index contributed by atoms with van der Waals surface area (Å²) < 4.78 is 58.7. The Morgan fingerprint density at radius 2 is 1.71 bits per heavy atom. The molecule has 0 aromatic heterocycles. The minimum atomic E-state index is -5.01. The number of hydrogen-bond donors (Lipinski definition) is 0. The normalized spacial score (nSPS) is 16.8. The number of ether oxygens (including phenoxy) is 2. The van der Waals surface area contributed by atoms with Crippen molar-refractivity contribution in [1.29, 1.82) is 0 Å². The molecule has 0 aliphatic rings. The van der Waals surface area contributed by atoms with Crippen molar-refractivity contribution in [3.63, 3.8) is 0 Å². The average Bonchev–Trinajstić information content (AvgIpc) is 2.66. The van der Waals surface area contributed by atoms with Crippen LogP contribution in [0.4, 0.5) is 13.2 Å². The maximum absolute atomic E-state index is 14.1. The van der Waals surface area contributed by atoms with Crippen molar-refractivity contribution >= 4 is 14.3 Å². The van der Waals surface area contributed by atoms with Gasteiger partial charge in [-0.2, -0.15) is 13.2 Å². The fraction of sp³-hybridized carbons (Fsp3) is 0.609. The summed E-state index contributed by atoms with van der Waals surface area (Å²) in [7, 11) is -1.20. The number of halogens is 3. The molecule has 1 aromatic carbocycles. The number of carbonyl (C=O) groups is 1. The van der Waals surface area contributed by atoms with Gasteiger partial charge in [-0.15, -0.1) is 6.58 Å². The van der Waals surface area contributed by atoms with Crippen molar-refractivity contribution in [2.45, 2.75) is 70.1 Å². The second-order valence-corrected chi connectivity index (χ2v) is 14.0. The summed E-state index contributed by atoms with van der Waals surface area (Å²) >= 11 is 0. The monoisotopic (exact) mass is 460 g/mol. The van der Waals surface area contributed by atoms with Gasteiger partial charge in [-0.25, -0.2) is 4.79 Å². The number of alkyl halides is 3. The van der Waals surface area contributed by atoms with Gasteiger partial charge in [0, 0.05) is 31.6 Å². The Labute approximate surface area is 184 Å². The molecule has 0 heterocycles. The molecule has 8 heteroatoms. The van der Waals surface area contributed by atoms with Gasteiger partial charge in [-0.3, -0.25) is 0 Å². The lowest BCUT2D eigenvalue weighted by atomic mass is 9.92. The first-order valence-corrected chi connectivity index (χ1v) is 13.2. The molecule has 0 saturated carbocycles. The molecule has 0 radical (unpaired) electrons. The van der Waals surface area contributed by atoms with E-state index in [-0.39, 0.29) is 29.5 Å². The molecule has 0 N–H and O–H groups in total. The molecule has 0 spiro atoms. The smallest absolute Gasteiger partial charge is 0.432 e. The summed E-state index contributed by atoms with van der Waals surface area (Å²) in [5, 5.41) is -0.0158. The molecule has 176 valence electrons. The number of rotatable bonds is 10. The van der Waals surface area contributed by atoms with E-state index in [1.54, 1.807) is 19.1 Å². The van der Waals surface area contributed by atoms with E-state index in [0.717, 1.165) is 7.11 Å².